The number of imidazole rings is 1. The number of carbonyl (C=O) groups excluding carboxylic acids is 1. The summed E-state index contributed by atoms with van der Waals surface area (Å²) in [5, 5.41) is 2.99. The van der Waals surface area contributed by atoms with Crippen molar-refractivity contribution in [3.05, 3.63) is 96.1 Å². The van der Waals surface area contributed by atoms with Crippen molar-refractivity contribution in [1.82, 2.24) is 9.55 Å². The van der Waals surface area contributed by atoms with Crippen molar-refractivity contribution in [3.8, 4) is 16.9 Å². The molecule has 254 valence electrons. The van der Waals surface area contributed by atoms with Crippen molar-refractivity contribution in [2.24, 2.45) is 0 Å². The predicted molar refractivity (Wildman–Crippen MR) is 192 cm³/mol. The number of aromatic nitrogens is 2. The minimum Gasteiger partial charge on any atom is -0.491 e. The van der Waals surface area contributed by atoms with E-state index in [2.05, 4.69) is 47.2 Å². The van der Waals surface area contributed by atoms with Crippen LogP contribution in [0.5, 0.6) is 5.75 Å². The van der Waals surface area contributed by atoms with Gasteiger partial charge in [-0.1, -0.05) is 39.0 Å². The summed E-state index contributed by atoms with van der Waals surface area (Å²) in [6.45, 7) is 10.4. The number of fused-ring (bicyclic) bond motifs is 1. The molecule has 0 aliphatic carbocycles. The number of carbonyl (C=O) groups is 1. The topological polar surface area (TPSA) is 103 Å². The number of hydrogen-bond acceptors (Lipinski definition) is 7. The molecule has 0 unspecified atom stereocenters. The summed E-state index contributed by atoms with van der Waals surface area (Å²) in [7, 11) is -3.58. The van der Waals surface area contributed by atoms with Gasteiger partial charge in [0.1, 0.15) is 12.4 Å². The molecule has 0 saturated heterocycles. The summed E-state index contributed by atoms with van der Waals surface area (Å²) >= 11 is 0. The van der Waals surface area contributed by atoms with Crippen molar-refractivity contribution in [3.63, 3.8) is 0 Å². The average Bonchev–Trinajstić information content (AvgIpc) is 3.43. The molecule has 48 heavy (non-hydrogen) atoms. The lowest BCUT2D eigenvalue weighted by Crippen LogP contribution is -2.26. The molecule has 1 aromatic heterocycles. The van der Waals surface area contributed by atoms with Crippen molar-refractivity contribution >= 4 is 33.2 Å². The van der Waals surface area contributed by atoms with Crippen molar-refractivity contribution in [2.75, 3.05) is 43.1 Å². The monoisotopic (exact) mass is 670 g/mol. The quantitative estimate of drug-likeness (QED) is 0.124. The van der Waals surface area contributed by atoms with Crippen LogP contribution in [0.25, 0.3) is 17.2 Å². The fourth-order valence-electron chi connectivity index (χ4n) is 5.81. The van der Waals surface area contributed by atoms with E-state index < -0.39 is 9.84 Å². The van der Waals surface area contributed by atoms with Crippen molar-refractivity contribution in [1.29, 1.82) is 0 Å². The van der Waals surface area contributed by atoms with E-state index in [9.17, 15) is 13.2 Å². The lowest BCUT2D eigenvalue weighted by molar-refractivity contribution is -0.112. The Hall–Kier alpha value is -4.41. The van der Waals surface area contributed by atoms with E-state index in [4.69, 9.17) is 9.47 Å². The van der Waals surface area contributed by atoms with Gasteiger partial charge in [0, 0.05) is 49.4 Å². The number of anilines is 2. The molecular weight excluding hydrogens is 625 g/mol. The molecule has 1 N–H and O–H groups in total. The lowest BCUT2D eigenvalue weighted by Gasteiger charge is -2.25. The number of rotatable bonds is 16. The van der Waals surface area contributed by atoms with E-state index in [0.29, 0.717) is 43.1 Å². The number of sulfone groups is 1. The predicted octanol–water partition coefficient (Wildman–Crippen LogP) is 7.38. The average molecular weight is 671 g/mol. The zero-order valence-electron chi connectivity index (χ0n) is 28.2. The lowest BCUT2D eigenvalue weighted by atomic mass is 10.00. The first-order chi connectivity index (χ1) is 23.3. The highest BCUT2D eigenvalue weighted by molar-refractivity contribution is 7.90. The molecule has 3 aromatic carbocycles. The van der Waals surface area contributed by atoms with Crippen LogP contribution in [0.2, 0.25) is 0 Å². The molecule has 5 rings (SSSR count). The number of hydrogen-bond donors (Lipinski definition) is 1. The summed E-state index contributed by atoms with van der Waals surface area (Å²) < 4.78 is 39.5. The maximum Gasteiger partial charge on any atom is 0.251 e. The summed E-state index contributed by atoms with van der Waals surface area (Å²) in [4.78, 5) is 20.2. The number of nitrogens with one attached hydrogen (secondary N) is 1. The summed E-state index contributed by atoms with van der Waals surface area (Å²) in [5.74, 6) is 0.466. The summed E-state index contributed by atoms with van der Waals surface area (Å²) in [5.41, 5.74) is 6.06. The SMILES string of the molecule is CCCOCCOc1ccc(-c2ccc3c(c2)C=C(C(=O)Nc2ccc(S(=O)(=O)Cc4cncn4CCC)cc2)CCN3CCC)cc1. The number of aryl methyl sites for hydroxylation is 1. The van der Waals surface area contributed by atoms with Crippen LogP contribution in [0.15, 0.2) is 89.7 Å². The van der Waals surface area contributed by atoms with Crippen LogP contribution in [0.3, 0.4) is 0 Å². The van der Waals surface area contributed by atoms with E-state index in [0.717, 1.165) is 67.1 Å². The van der Waals surface area contributed by atoms with E-state index in [1.165, 1.54) is 0 Å². The first-order valence-corrected chi connectivity index (χ1v) is 18.5. The van der Waals surface area contributed by atoms with Gasteiger partial charge in [0.2, 0.25) is 0 Å². The molecular formula is C38H46N4O5S. The van der Waals surface area contributed by atoms with Gasteiger partial charge in [-0.05, 0) is 97.0 Å². The Bertz CT molecular complexity index is 1800. The fourth-order valence-corrected chi connectivity index (χ4v) is 7.16. The van der Waals surface area contributed by atoms with Gasteiger partial charge in [0.25, 0.3) is 5.91 Å². The second-order valence-electron chi connectivity index (χ2n) is 12.0. The van der Waals surface area contributed by atoms with Crippen molar-refractivity contribution < 1.29 is 22.7 Å². The zero-order valence-corrected chi connectivity index (χ0v) is 29.0. The van der Waals surface area contributed by atoms with Gasteiger partial charge in [0.05, 0.1) is 29.3 Å². The minimum atomic E-state index is -3.58. The Balaban J connectivity index is 1.30. The van der Waals surface area contributed by atoms with Gasteiger partial charge >= 0.3 is 0 Å². The second kappa shape index (κ2) is 16.6. The highest BCUT2D eigenvalue weighted by atomic mass is 32.2. The summed E-state index contributed by atoms with van der Waals surface area (Å²) in [6.07, 6.45) is 8.70. The molecule has 0 spiro atoms. The second-order valence-corrected chi connectivity index (χ2v) is 14.0. The summed E-state index contributed by atoms with van der Waals surface area (Å²) in [6, 6.07) is 20.8. The molecule has 9 nitrogen and oxygen atoms in total. The normalized spacial score (nSPS) is 13.1. The standard InChI is InChI=1S/C38H46N4O5S/c1-4-18-41-20-17-31(25-32-24-30(9-16-37(32)41)29-7-12-35(13-8-29)47-23-22-46-21-6-3)38(43)40-33-10-14-36(15-11-33)48(44,45)27-34-26-39-28-42(34)19-5-2/h7-16,24-26,28H,4-6,17-23,27H2,1-3H3,(H,40,43). The van der Waals surface area contributed by atoms with Gasteiger partial charge in [-0.25, -0.2) is 13.4 Å². The molecule has 2 heterocycles. The zero-order chi connectivity index (χ0) is 33.9. The van der Waals surface area contributed by atoms with E-state index in [-0.39, 0.29) is 16.6 Å². The fraction of sp³-hybridized carbons (Fsp3) is 0.368. The van der Waals surface area contributed by atoms with Crippen LogP contribution in [0.4, 0.5) is 11.4 Å². The molecule has 0 saturated carbocycles. The third kappa shape index (κ3) is 8.93. The number of nitrogens with zero attached hydrogens (tertiary/aromatic N) is 3. The van der Waals surface area contributed by atoms with Gasteiger partial charge in [0.15, 0.2) is 9.84 Å². The van der Waals surface area contributed by atoms with Crippen LogP contribution in [0, 0.1) is 0 Å². The molecule has 4 aromatic rings. The van der Waals surface area contributed by atoms with E-state index >= 15 is 0 Å². The Morgan fingerprint density at radius 1 is 0.875 bits per heavy atom. The van der Waals surface area contributed by atoms with E-state index in [1.807, 2.05) is 41.8 Å². The van der Waals surface area contributed by atoms with Crippen LogP contribution >= 0.6 is 0 Å². The molecule has 0 radical (unpaired) electrons. The Morgan fingerprint density at radius 3 is 2.35 bits per heavy atom. The van der Waals surface area contributed by atoms with Gasteiger partial charge < -0.3 is 24.3 Å². The first-order valence-electron chi connectivity index (χ1n) is 16.8. The van der Waals surface area contributed by atoms with Crippen LogP contribution in [0.1, 0.15) is 57.7 Å². The third-order valence-electron chi connectivity index (χ3n) is 8.24. The number of benzene rings is 3. The molecule has 0 bridgehead atoms. The van der Waals surface area contributed by atoms with Crippen molar-refractivity contribution in [2.45, 2.75) is 63.6 Å². The first kappa shape index (κ1) is 34.9. The molecule has 1 amide bonds. The molecule has 1 aliphatic rings. The Kier molecular flexibility index (Phi) is 12.1. The minimum absolute atomic E-state index is 0.131. The maximum absolute atomic E-state index is 13.6. The van der Waals surface area contributed by atoms with E-state index in [1.54, 1.807) is 36.8 Å². The highest BCUT2D eigenvalue weighted by Crippen LogP contribution is 2.33. The molecule has 1 aliphatic heterocycles. The number of amides is 1. The highest BCUT2D eigenvalue weighted by Gasteiger charge is 2.21. The van der Waals surface area contributed by atoms with Crippen LogP contribution in [-0.2, 0) is 31.7 Å². The Morgan fingerprint density at radius 2 is 1.62 bits per heavy atom. The van der Waals surface area contributed by atoms with Gasteiger partial charge in [-0.15, -0.1) is 0 Å². The maximum atomic E-state index is 13.6. The smallest absolute Gasteiger partial charge is 0.251 e. The van der Waals surface area contributed by atoms with Gasteiger partial charge in [-0.2, -0.15) is 0 Å². The molecule has 0 atom stereocenters. The van der Waals surface area contributed by atoms with Gasteiger partial charge in [-0.3, -0.25) is 4.79 Å². The largest absolute Gasteiger partial charge is 0.491 e. The third-order valence-corrected chi connectivity index (χ3v) is 9.91. The number of ether oxygens (including phenoxy) is 2. The molecule has 0 fully saturated rings. The Labute approximate surface area is 284 Å². The van der Waals surface area contributed by atoms with Crippen LogP contribution < -0.4 is 15.0 Å². The van der Waals surface area contributed by atoms with Crippen LogP contribution in [-0.4, -0.2) is 56.8 Å². The molecule has 10 heteroatoms.